The number of nitrogens with two attached hydrogens (primary N) is 1. The SMILES string of the molecule is Cc1cc(C(N)c2cccc(Cl)c2F)cs1. The number of benzene rings is 1. The Morgan fingerprint density at radius 3 is 2.81 bits per heavy atom. The van der Waals surface area contributed by atoms with Crippen molar-refractivity contribution in [2.75, 3.05) is 0 Å². The lowest BCUT2D eigenvalue weighted by molar-refractivity contribution is 0.600. The molecule has 1 unspecified atom stereocenters. The Morgan fingerprint density at radius 2 is 2.19 bits per heavy atom. The third kappa shape index (κ3) is 2.12. The Morgan fingerprint density at radius 1 is 1.44 bits per heavy atom. The van der Waals surface area contributed by atoms with E-state index in [9.17, 15) is 4.39 Å². The van der Waals surface area contributed by atoms with Crippen LogP contribution in [0.4, 0.5) is 4.39 Å². The first-order valence-electron chi connectivity index (χ1n) is 4.84. The molecule has 0 fully saturated rings. The molecule has 1 atom stereocenters. The third-order valence-corrected chi connectivity index (χ3v) is 3.60. The van der Waals surface area contributed by atoms with Crippen molar-refractivity contribution in [1.29, 1.82) is 0 Å². The van der Waals surface area contributed by atoms with Gasteiger partial charge in [-0.1, -0.05) is 23.7 Å². The molecule has 84 valence electrons. The molecule has 4 heteroatoms. The van der Waals surface area contributed by atoms with Crippen molar-refractivity contribution in [2.45, 2.75) is 13.0 Å². The van der Waals surface area contributed by atoms with Gasteiger partial charge in [0.1, 0.15) is 5.82 Å². The second-order valence-electron chi connectivity index (χ2n) is 3.61. The van der Waals surface area contributed by atoms with Gasteiger partial charge in [-0.15, -0.1) is 11.3 Å². The van der Waals surface area contributed by atoms with E-state index in [0.717, 1.165) is 10.4 Å². The quantitative estimate of drug-likeness (QED) is 0.866. The minimum atomic E-state index is -0.455. The predicted octanol–water partition coefficient (Wildman–Crippen LogP) is 3.90. The zero-order valence-electron chi connectivity index (χ0n) is 8.71. The highest BCUT2D eigenvalue weighted by molar-refractivity contribution is 7.10. The molecule has 0 spiro atoms. The Bertz CT molecular complexity index is 509. The molecule has 0 bridgehead atoms. The van der Waals surface area contributed by atoms with Gasteiger partial charge in [0.05, 0.1) is 11.1 Å². The number of thiophene rings is 1. The average molecular weight is 256 g/mol. The Kier molecular flexibility index (Phi) is 3.28. The minimum absolute atomic E-state index is 0.111. The van der Waals surface area contributed by atoms with Crippen molar-refractivity contribution < 1.29 is 4.39 Å². The Hall–Kier alpha value is -0.900. The van der Waals surface area contributed by atoms with Crippen LogP contribution in [0.5, 0.6) is 0 Å². The molecule has 0 saturated heterocycles. The molecule has 0 radical (unpaired) electrons. The van der Waals surface area contributed by atoms with E-state index in [2.05, 4.69) is 0 Å². The number of halogens is 2. The Balaban J connectivity index is 2.41. The van der Waals surface area contributed by atoms with Crippen LogP contribution in [0, 0.1) is 12.7 Å². The van der Waals surface area contributed by atoms with Gasteiger partial charge in [-0.3, -0.25) is 0 Å². The molecule has 2 rings (SSSR count). The molecular formula is C12H11ClFNS. The van der Waals surface area contributed by atoms with Gasteiger partial charge in [0, 0.05) is 10.4 Å². The summed E-state index contributed by atoms with van der Waals surface area (Å²) in [5.74, 6) is -0.430. The van der Waals surface area contributed by atoms with Gasteiger partial charge in [0.2, 0.25) is 0 Å². The van der Waals surface area contributed by atoms with Crippen molar-refractivity contribution in [2.24, 2.45) is 5.73 Å². The number of hydrogen-bond acceptors (Lipinski definition) is 2. The molecule has 0 aliphatic heterocycles. The molecule has 0 aliphatic carbocycles. The summed E-state index contributed by atoms with van der Waals surface area (Å²) >= 11 is 7.32. The summed E-state index contributed by atoms with van der Waals surface area (Å²) in [5, 5.41) is 2.06. The van der Waals surface area contributed by atoms with E-state index < -0.39 is 11.9 Å². The highest BCUT2D eigenvalue weighted by atomic mass is 35.5. The predicted molar refractivity (Wildman–Crippen MR) is 66.5 cm³/mol. The van der Waals surface area contributed by atoms with Gasteiger partial charge < -0.3 is 5.73 Å². The first kappa shape index (κ1) is 11.6. The molecule has 2 aromatic rings. The summed E-state index contributed by atoms with van der Waals surface area (Å²) < 4.78 is 13.7. The molecular weight excluding hydrogens is 245 g/mol. The summed E-state index contributed by atoms with van der Waals surface area (Å²) in [5.41, 5.74) is 7.36. The van der Waals surface area contributed by atoms with Crippen LogP contribution >= 0.6 is 22.9 Å². The second kappa shape index (κ2) is 4.53. The van der Waals surface area contributed by atoms with Crippen LogP contribution in [-0.2, 0) is 0 Å². The summed E-state index contributed by atoms with van der Waals surface area (Å²) in [6, 6.07) is 6.41. The van der Waals surface area contributed by atoms with Gasteiger partial charge in [0.25, 0.3) is 0 Å². The maximum absolute atomic E-state index is 13.7. The van der Waals surface area contributed by atoms with E-state index in [1.165, 1.54) is 6.07 Å². The summed E-state index contributed by atoms with van der Waals surface area (Å²) in [4.78, 5) is 1.16. The van der Waals surface area contributed by atoms with Crippen LogP contribution in [0.15, 0.2) is 29.6 Å². The average Bonchev–Trinajstić information content (AvgIpc) is 2.68. The van der Waals surface area contributed by atoms with Crippen molar-refractivity contribution in [3.8, 4) is 0 Å². The van der Waals surface area contributed by atoms with Crippen LogP contribution in [0.25, 0.3) is 0 Å². The van der Waals surface area contributed by atoms with Crippen molar-refractivity contribution in [1.82, 2.24) is 0 Å². The Labute approximate surface area is 103 Å². The molecule has 1 aromatic carbocycles. The second-order valence-corrected chi connectivity index (χ2v) is 5.13. The normalized spacial score (nSPS) is 12.8. The summed E-state index contributed by atoms with van der Waals surface area (Å²) in [6.07, 6.45) is 0. The maximum Gasteiger partial charge on any atom is 0.146 e. The highest BCUT2D eigenvalue weighted by Gasteiger charge is 2.16. The molecule has 0 saturated carbocycles. The standard InChI is InChI=1S/C12H11ClFNS/c1-7-5-8(6-16-7)12(15)9-3-2-4-10(13)11(9)14/h2-6,12H,15H2,1H3. The van der Waals surface area contributed by atoms with E-state index in [-0.39, 0.29) is 5.02 Å². The van der Waals surface area contributed by atoms with Gasteiger partial charge in [-0.05, 0) is 30.0 Å². The molecule has 1 heterocycles. The van der Waals surface area contributed by atoms with E-state index in [1.54, 1.807) is 23.5 Å². The summed E-state index contributed by atoms with van der Waals surface area (Å²) in [7, 11) is 0. The highest BCUT2D eigenvalue weighted by Crippen LogP contribution is 2.28. The first-order chi connectivity index (χ1) is 7.59. The first-order valence-corrected chi connectivity index (χ1v) is 6.10. The zero-order valence-corrected chi connectivity index (χ0v) is 10.3. The molecule has 0 amide bonds. The largest absolute Gasteiger partial charge is 0.320 e. The zero-order chi connectivity index (χ0) is 11.7. The van der Waals surface area contributed by atoms with Gasteiger partial charge in [-0.2, -0.15) is 0 Å². The van der Waals surface area contributed by atoms with Gasteiger partial charge >= 0.3 is 0 Å². The van der Waals surface area contributed by atoms with Crippen molar-refractivity contribution in [3.63, 3.8) is 0 Å². The van der Waals surface area contributed by atoms with E-state index in [0.29, 0.717) is 5.56 Å². The fourth-order valence-corrected chi connectivity index (χ4v) is 2.49. The molecule has 1 nitrogen and oxygen atoms in total. The number of hydrogen-bond donors (Lipinski definition) is 1. The van der Waals surface area contributed by atoms with Crippen LogP contribution in [0.2, 0.25) is 5.02 Å². The molecule has 0 aliphatic rings. The molecule has 1 aromatic heterocycles. The lowest BCUT2D eigenvalue weighted by Gasteiger charge is -2.12. The van der Waals surface area contributed by atoms with E-state index in [1.807, 2.05) is 18.4 Å². The molecule has 2 N–H and O–H groups in total. The maximum atomic E-state index is 13.7. The third-order valence-electron chi connectivity index (χ3n) is 2.43. The minimum Gasteiger partial charge on any atom is -0.320 e. The van der Waals surface area contributed by atoms with Crippen LogP contribution < -0.4 is 5.73 Å². The topological polar surface area (TPSA) is 26.0 Å². The lowest BCUT2D eigenvalue weighted by Crippen LogP contribution is -2.12. The smallest absolute Gasteiger partial charge is 0.146 e. The fraction of sp³-hybridized carbons (Fsp3) is 0.167. The van der Waals surface area contributed by atoms with Crippen LogP contribution in [0.3, 0.4) is 0 Å². The van der Waals surface area contributed by atoms with Crippen molar-refractivity contribution >= 4 is 22.9 Å². The van der Waals surface area contributed by atoms with Crippen LogP contribution in [-0.4, -0.2) is 0 Å². The van der Waals surface area contributed by atoms with E-state index in [4.69, 9.17) is 17.3 Å². The fourth-order valence-electron chi connectivity index (χ4n) is 1.57. The summed E-state index contributed by atoms with van der Waals surface area (Å²) in [6.45, 7) is 2.00. The number of rotatable bonds is 2. The van der Waals surface area contributed by atoms with Crippen molar-refractivity contribution in [3.05, 3.63) is 56.5 Å². The van der Waals surface area contributed by atoms with E-state index >= 15 is 0 Å². The monoisotopic (exact) mass is 255 g/mol. The van der Waals surface area contributed by atoms with Gasteiger partial charge in [-0.25, -0.2) is 4.39 Å². The van der Waals surface area contributed by atoms with Crippen LogP contribution in [0.1, 0.15) is 22.0 Å². The lowest BCUT2D eigenvalue weighted by atomic mass is 10.0. The number of aryl methyl sites for hydroxylation is 1. The van der Waals surface area contributed by atoms with Gasteiger partial charge in [0.15, 0.2) is 0 Å². The molecule has 16 heavy (non-hydrogen) atoms.